The fourth-order valence-electron chi connectivity index (χ4n) is 1.64. The SMILES string of the molecule is CCOc1ccc2nc(SCC(Br)C(=O)OC)[nH]c2c1. The molecule has 7 heteroatoms. The molecule has 2 aromatic rings. The molecular weight excluding hydrogens is 344 g/mol. The molecular formula is C13H15BrN2O3S. The summed E-state index contributed by atoms with van der Waals surface area (Å²) in [7, 11) is 1.37. The van der Waals surface area contributed by atoms with Gasteiger partial charge in [0.25, 0.3) is 0 Å². The van der Waals surface area contributed by atoms with E-state index in [1.807, 2.05) is 25.1 Å². The maximum Gasteiger partial charge on any atom is 0.320 e. The third-order valence-electron chi connectivity index (χ3n) is 2.57. The molecule has 0 amide bonds. The van der Waals surface area contributed by atoms with Crippen LogP contribution in [0.4, 0.5) is 0 Å². The summed E-state index contributed by atoms with van der Waals surface area (Å²) in [5.74, 6) is 1.07. The molecule has 0 bridgehead atoms. The van der Waals surface area contributed by atoms with Gasteiger partial charge in [0.1, 0.15) is 10.6 Å². The normalized spacial score (nSPS) is 12.3. The van der Waals surface area contributed by atoms with E-state index in [0.717, 1.165) is 21.9 Å². The van der Waals surface area contributed by atoms with Gasteiger partial charge in [0.2, 0.25) is 0 Å². The van der Waals surface area contributed by atoms with Gasteiger partial charge in [-0.05, 0) is 19.1 Å². The third kappa shape index (κ3) is 3.67. The second-order valence-electron chi connectivity index (χ2n) is 3.96. The zero-order chi connectivity index (χ0) is 14.5. The lowest BCUT2D eigenvalue weighted by molar-refractivity contribution is -0.139. The quantitative estimate of drug-likeness (QED) is 0.488. The van der Waals surface area contributed by atoms with E-state index in [1.54, 1.807) is 0 Å². The largest absolute Gasteiger partial charge is 0.494 e. The summed E-state index contributed by atoms with van der Waals surface area (Å²) in [6.07, 6.45) is 0. The van der Waals surface area contributed by atoms with Gasteiger partial charge in [-0.2, -0.15) is 0 Å². The number of alkyl halides is 1. The van der Waals surface area contributed by atoms with E-state index in [2.05, 4.69) is 30.6 Å². The van der Waals surface area contributed by atoms with Crippen LogP contribution in [0.2, 0.25) is 0 Å². The zero-order valence-electron chi connectivity index (χ0n) is 11.2. The minimum absolute atomic E-state index is 0.285. The molecule has 0 aliphatic rings. The van der Waals surface area contributed by atoms with Gasteiger partial charge < -0.3 is 14.5 Å². The molecule has 1 aromatic carbocycles. The van der Waals surface area contributed by atoms with Crippen molar-refractivity contribution < 1.29 is 14.3 Å². The number of esters is 1. The number of methoxy groups -OCH3 is 1. The number of nitrogens with zero attached hydrogens (tertiary/aromatic N) is 1. The number of carbonyl (C=O) groups is 1. The van der Waals surface area contributed by atoms with Crippen molar-refractivity contribution in [1.82, 2.24) is 9.97 Å². The van der Waals surface area contributed by atoms with E-state index in [1.165, 1.54) is 18.9 Å². The van der Waals surface area contributed by atoms with E-state index in [9.17, 15) is 4.79 Å². The number of hydrogen-bond acceptors (Lipinski definition) is 5. The number of halogens is 1. The van der Waals surface area contributed by atoms with Crippen molar-refractivity contribution in [3.8, 4) is 5.75 Å². The van der Waals surface area contributed by atoms with Crippen LogP contribution < -0.4 is 4.74 Å². The Labute approximate surface area is 129 Å². The smallest absolute Gasteiger partial charge is 0.320 e. The van der Waals surface area contributed by atoms with Gasteiger partial charge >= 0.3 is 5.97 Å². The first kappa shape index (κ1) is 15.2. The van der Waals surface area contributed by atoms with Crippen molar-refractivity contribution in [3.05, 3.63) is 18.2 Å². The van der Waals surface area contributed by atoms with Crippen molar-refractivity contribution in [2.75, 3.05) is 19.5 Å². The fourth-order valence-corrected chi connectivity index (χ4v) is 3.01. The van der Waals surface area contributed by atoms with E-state index < -0.39 is 0 Å². The van der Waals surface area contributed by atoms with Crippen molar-refractivity contribution in [2.45, 2.75) is 16.9 Å². The van der Waals surface area contributed by atoms with Crippen LogP contribution in [0.5, 0.6) is 5.75 Å². The van der Waals surface area contributed by atoms with Gasteiger partial charge in [-0.3, -0.25) is 4.79 Å². The number of thioether (sulfide) groups is 1. The summed E-state index contributed by atoms with van der Waals surface area (Å²) in [5.41, 5.74) is 1.79. The molecule has 0 saturated carbocycles. The number of benzene rings is 1. The number of imidazole rings is 1. The highest BCUT2D eigenvalue weighted by Gasteiger charge is 2.16. The summed E-state index contributed by atoms with van der Waals surface area (Å²) >= 11 is 4.74. The van der Waals surface area contributed by atoms with Gasteiger partial charge in [0.15, 0.2) is 5.16 Å². The van der Waals surface area contributed by atoms with Crippen molar-refractivity contribution in [3.63, 3.8) is 0 Å². The maximum absolute atomic E-state index is 11.3. The Morgan fingerprint density at radius 3 is 3.05 bits per heavy atom. The maximum atomic E-state index is 11.3. The Morgan fingerprint density at radius 2 is 2.35 bits per heavy atom. The number of H-pyrrole nitrogens is 1. The number of ether oxygens (including phenoxy) is 2. The molecule has 1 atom stereocenters. The summed E-state index contributed by atoms with van der Waals surface area (Å²) in [4.78, 5) is 18.6. The molecule has 1 aromatic heterocycles. The van der Waals surface area contributed by atoms with E-state index in [-0.39, 0.29) is 10.8 Å². The summed E-state index contributed by atoms with van der Waals surface area (Å²) in [6.45, 7) is 2.58. The molecule has 1 N–H and O–H groups in total. The molecule has 0 radical (unpaired) electrons. The first-order valence-corrected chi connectivity index (χ1v) is 8.01. The summed E-state index contributed by atoms with van der Waals surface area (Å²) in [6, 6.07) is 5.72. The number of aromatic amines is 1. The van der Waals surface area contributed by atoms with E-state index in [4.69, 9.17) is 4.74 Å². The topological polar surface area (TPSA) is 64.2 Å². The average molecular weight is 359 g/mol. The highest BCUT2D eigenvalue weighted by atomic mass is 79.9. The second-order valence-corrected chi connectivity index (χ2v) is 6.07. The standard InChI is InChI=1S/C13H15BrN2O3S/c1-3-19-8-4-5-10-11(6-8)16-13(15-10)20-7-9(14)12(17)18-2/h4-6,9H,3,7H2,1-2H3,(H,15,16). The van der Waals surface area contributed by atoms with Gasteiger partial charge in [0.05, 0.1) is 24.8 Å². The van der Waals surface area contributed by atoms with Gasteiger partial charge in [-0.15, -0.1) is 0 Å². The molecule has 1 unspecified atom stereocenters. The summed E-state index contributed by atoms with van der Waals surface area (Å²) < 4.78 is 10.1. The number of rotatable bonds is 6. The van der Waals surface area contributed by atoms with Crippen LogP contribution in [-0.2, 0) is 9.53 Å². The molecule has 108 valence electrons. The van der Waals surface area contributed by atoms with Crippen LogP contribution >= 0.6 is 27.7 Å². The summed E-state index contributed by atoms with van der Waals surface area (Å²) in [5, 5.41) is 0.766. The van der Waals surface area contributed by atoms with Crippen molar-refractivity contribution in [2.24, 2.45) is 0 Å². The monoisotopic (exact) mass is 358 g/mol. The van der Waals surface area contributed by atoms with Crippen LogP contribution in [0.25, 0.3) is 11.0 Å². The lowest BCUT2D eigenvalue weighted by Gasteiger charge is -2.04. The molecule has 1 heterocycles. The average Bonchev–Trinajstić information content (AvgIpc) is 2.86. The Hall–Kier alpha value is -1.21. The van der Waals surface area contributed by atoms with Crippen LogP contribution in [-0.4, -0.2) is 40.2 Å². The molecule has 0 aliphatic carbocycles. The third-order valence-corrected chi connectivity index (χ3v) is 4.66. The lowest BCUT2D eigenvalue weighted by Crippen LogP contribution is -2.17. The fraction of sp³-hybridized carbons (Fsp3) is 0.385. The predicted molar refractivity (Wildman–Crippen MR) is 82.7 cm³/mol. The molecule has 20 heavy (non-hydrogen) atoms. The molecule has 0 spiro atoms. The zero-order valence-corrected chi connectivity index (χ0v) is 13.6. The highest BCUT2D eigenvalue weighted by molar-refractivity contribution is 9.10. The Kier molecular flexibility index (Phi) is 5.31. The first-order chi connectivity index (χ1) is 9.63. The van der Waals surface area contributed by atoms with Crippen LogP contribution in [0, 0.1) is 0 Å². The van der Waals surface area contributed by atoms with Crippen LogP contribution in [0.1, 0.15) is 6.92 Å². The minimum Gasteiger partial charge on any atom is -0.494 e. The molecule has 5 nitrogen and oxygen atoms in total. The van der Waals surface area contributed by atoms with E-state index >= 15 is 0 Å². The highest BCUT2D eigenvalue weighted by Crippen LogP contribution is 2.24. The Balaban J connectivity index is 2.06. The minimum atomic E-state index is -0.343. The number of hydrogen-bond donors (Lipinski definition) is 1. The number of aromatic nitrogens is 2. The molecule has 0 saturated heterocycles. The van der Waals surface area contributed by atoms with Crippen molar-refractivity contribution >= 4 is 44.7 Å². The number of nitrogens with one attached hydrogen (secondary N) is 1. The second kappa shape index (κ2) is 6.99. The van der Waals surface area contributed by atoms with Crippen LogP contribution in [0.15, 0.2) is 23.4 Å². The first-order valence-electron chi connectivity index (χ1n) is 6.11. The predicted octanol–water partition coefficient (Wildman–Crippen LogP) is 2.99. The Bertz CT molecular complexity index is 602. The lowest BCUT2D eigenvalue weighted by atomic mass is 10.3. The van der Waals surface area contributed by atoms with Crippen molar-refractivity contribution in [1.29, 1.82) is 0 Å². The van der Waals surface area contributed by atoms with Gasteiger partial charge in [-0.25, -0.2) is 4.98 Å². The van der Waals surface area contributed by atoms with Gasteiger partial charge in [0, 0.05) is 11.8 Å². The molecule has 0 aliphatic heterocycles. The Morgan fingerprint density at radius 1 is 1.55 bits per heavy atom. The number of carbonyl (C=O) groups excluding carboxylic acids is 1. The van der Waals surface area contributed by atoms with E-state index in [0.29, 0.717) is 12.4 Å². The van der Waals surface area contributed by atoms with Gasteiger partial charge in [-0.1, -0.05) is 27.7 Å². The number of fused-ring (bicyclic) bond motifs is 1. The molecule has 0 fully saturated rings. The van der Waals surface area contributed by atoms with Crippen LogP contribution in [0.3, 0.4) is 0 Å². The molecule has 2 rings (SSSR count).